The predicted molar refractivity (Wildman–Crippen MR) is 80.9 cm³/mol. The minimum atomic E-state index is -0.733. The molecule has 1 N–H and O–H groups in total. The molecule has 2 aromatic rings. The molecule has 0 aliphatic carbocycles. The molecule has 20 heavy (non-hydrogen) atoms. The molecule has 2 heteroatoms. The summed E-state index contributed by atoms with van der Waals surface area (Å²) in [5.74, 6) is -1.14. The first kappa shape index (κ1) is 14.3. The highest BCUT2D eigenvalue weighted by Crippen LogP contribution is 2.23. The van der Waals surface area contributed by atoms with Gasteiger partial charge in [-0.3, -0.25) is 4.79 Å². The fraction of sp³-hybridized carbons (Fsp3) is 0.278. The predicted octanol–water partition coefficient (Wildman–Crippen LogP) is 4.19. The Morgan fingerprint density at radius 1 is 1.10 bits per heavy atom. The Kier molecular flexibility index (Phi) is 4.94. The van der Waals surface area contributed by atoms with Crippen molar-refractivity contribution in [3.63, 3.8) is 0 Å². The van der Waals surface area contributed by atoms with Gasteiger partial charge in [0.2, 0.25) is 0 Å². The van der Waals surface area contributed by atoms with E-state index in [1.54, 1.807) is 0 Å². The summed E-state index contributed by atoms with van der Waals surface area (Å²) in [6.07, 6.45) is 2.49. The number of aliphatic carboxylic acids is 1. The number of carboxylic acid groups (broad SMARTS) is 1. The fourth-order valence-electron chi connectivity index (χ4n) is 2.47. The molecule has 0 radical (unpaired) electrons. The Morgan fingerprint density at radius 2 is 1.85 bits per heavy atom. The van der Waals surface area contributed by atoms with Crippen LogP contribution in [0.15, 0.2) is 54.6 Å². The van der Waals surface area contributed by atoms with Crippen LogP contribution < -0.4 is 0 Å². The third kappa shape index (κ3) is 3.95. The molecule has 0 fully saturated rings. The maximum atomic E-state index is 11.5. The quantitative estimate of drug-likeness (QED) is 0.853. The second-order valence-corrected chi connectivity index (χ2v) is 5.18. The second kappa shape index (κ2) is 6.90. The maximum absolute atomic E-state index is 11.5. The molecule has 0 aliphatic rings. The summed E-state index contributed by atoms with van der Waals surface area (Å²) < 4.78 is 0. The van der Waals surface area contributed by atoms with E-state index in [9.17, 15) is 9.90 Å². The highest BCUT2D eigenvalue weighted by atomic mass is 16.4. The minimum Gasteiger partial charge on any atom is -0.481 e. The van der Waals surface area contributed by atoms with Gasteiger partial charge >= 0.3 is 5.97 Å². The topological polar surface area (TPSA) is 37.3 Å². The van der Waals surface area contributed by atoms with E-state index in [2.05, 4.69) is 12.1 Å². The van der Waals surface area contributed by atoms with Crippen molar-refractivity contribution in [1.82, 2.24) is 0 Å². The van der Waals surface area contributed by atoms with Gasteiger partial charge in [0.15, 0.2) is 0 Å². The monoisotopic (exact) mass is 268 g/mol. The molecule has 104 valence electrons. The van der Waals surface area contributed by atoms with Crippen molar-refractivity contribution in [2.45, 2.75) is 32.1 Å². The number of benzene rings is 2. The van der Waals surface area contributed by atoms with Crippen molar-refractivity contribution in [3.8, 4) is 0 Å². The second-order valence-electron chi connectivity index (χ2n) is 5.18. The lowest BCUT2D eigenvalue weighted by molar-refractivity contribution is -0.139. The van der Waals surface area contributed by atoms with Crippen LogP contribution in [-0.2, 0) is 11.2 Å². The average Bonchev–Trinajstić information content (AvgIpc) is 2.44. The van der Waals surface area contributed by atoms with Crippen molar-refractivity contribution < 1.29 is 9.90 Å². The Morgan fingerprint density at radius 3 is 2.50 bits per heavy atom. The SMILES string of the molecule is Cc1cccc(C(CCCc2ccccc2)C(=O)O)c1. The number of hydrogen-bond acceptors (Lipinski definition) is 1. The van der Waals surface area contributed by atoms with E-state index in [0.717, 1.165) is 24.0 Å². The lowest BCUT2D eigenvalue weighted by Gasteiger charge is -2.13. The molecule has 1 atom stereocenters. The summed E-state index contributed by atoms with van der Waals surface area (Å²) in [5.41, 5.74) is 3.28. The van der Waals surface area contributed by atoms with Gasteiger partial charge in [-0.1, -0.05) is 60.2 Å². The third-order valence-corrected chi connectivity index (χ3v) is 3.54. The van der Waals surface area contributed by atoms with Crippen LogP contribution in [0.1, 0.15) is 35.4 Å². The van der Waals surface area contributed by atoms with Crippen LogP contribution in [0.4, 0.5) is 0 Å². The zero-order valence-electron chi connectivity index (χ0n) is 11.8. The fourth-order valence-corrected chi connectivity index (χ4v) is 2.47. The number of rotatable bonds is 6. The van der Waals surface area contributed by atoms with Gasteiger partial charge in [0.05, 0.1) is 5.92 Å². The minimum absolute atomic E-state index is 0.404. The van der Waals surface area contributed by atoms with E-state index in [0.29, 0.717) is 6.42 Å². The van der Waals surface area contributed by atoms with Gasteiger partial charge in [-0.2, -0.15) is 0 Å². The Hall–Kier alpha value is -2.09. The normalized spacial score (nSPS) is 12.1. The molecule has 0 amide bonds. The van der Waals surface area contributed by atoms with Crippen LogP contribution in [-0.4, -0.2) is 11.1 Å². The smallest absolute Gasteiger partial charge is 0.310 e. The number of carbonyl (C=O) groups is 1. The lowest BCUT2D eigenvalue weighted by atomic mass is 9.92. The Bertz CT molecular complexity index is 561. The summed E-state index contributed by atoms with van der Waals surface area (Å²) in [7, 11) is 0. The molecule has 2 rings (SSSR count). The summed E-state index contributed by atoms with van der Waals surface area (Å²) >= 11 is 0. The molecule has 0 aromatic heterocycles. The van der Waals surface area contributed by atoms with E-state index in [1.165, 1.54) is 5.56 Å². The van der Waals surface area contributed by atoms with Crippen LogP contribution in [0.3, 0.4) is 0 Å². The highest BCUT2D eigenvalue weighted by molar-refractivity contribution is 5.76. The first-order valence-electron chi connectivity index (χ1n) is 7.00. The van der Waals surface area contributed by atoms with Gasteiger partial charge in [0.1, 0.15) is 0 Å². The van der Waals surface area contributed by atoms with Gasteiger partial charge in [0, 0.05) is 0 Å². The van der Waals surface area contributed by atoms with Gasteiger partial charge in [-0.05, 0) is 37.3 Å². The molecule has 0 spiro atoms. The van der Waals surface area contributed by atoms with Crippen LogP contribution >= 0.6 is 0 Å². The van der Waals surface area contributed by atoms with Crippen molar-refractivity contribution in [2.24, 2.45) is 0 Å². The van der Waals surface area contributed by atoms with Gasteiger partial charge in [0.25, 0.3) is 0 Å². The summed E-state index contributed by atoms with van der Waals surface area (Å²) in [5, 5.41) is 9.41. The molecule has 0 bridgehead atoms. The van der Waals surface area contributed by atoms with E-state index in [1.807, 2.05) is 49.4 Å². The van der Waals surface area contributed by atoms with Gasteiger partial charge in [-0.15, -0.1) is 0 Å². The molecule has 0 heterocycles. The van der Waals surface area contributed by atoms with E-state index in [4.69, 9.17) is 0 Å². The molecule has 0 saturated heterocycles. The van der Waals surface area contributed by atoms with Crippen LogP contribution in [0.2, 0.25) is 0 Å². The highest BCUT2D eigenvalue weighted by Gasteiger charge is 2.19. The number of hydrogen-bond donors (Lipinski definition) is 1. The molecule has 2 nitrogen and oxygen atoms in total. The van der Waals surface area contributed by atoms with E-state index < -0.39 is 11.9 Å². The van der Waals surface area contributed by atoms with Crippen LogP contribution in [0.5, 0.6) is 0 Å². The standard InChI is InChI=1S/C18H20O2/c1-14-7-5-11-16(13-14)17(18(19)20)12-6-10-15-8-3-2-4-9-15/h2-5,7-9,11,13,17H,6,10,12H2,1H3,(H,19,20). The van der Waals surface area contributed by atoms with E-state index >= 15 is 0 Å². The van der Waals surface area contributed by atoms with Crippen molar-refractivity contribution in [1.29, 1.82) is 0 Å². The van der Waals surface area contributed by atoms with Crippen LogP contribution in [0.25, 0.3) is 0 Å². The summed E-state index contributed by atoms with van der Waals surface area (Å²) in [4.78, 5) is 11.5. The van der Waals surface area contributed by atoms with Gasteiger partial charge < -0.3 is 5.11 Å². The first-order valence-corrected chi connectivity index (χ1v) is 7.00. The number of aryl methyl sites for hydroxylation is 2. The number of carboxylic acids is 1. The van der Waals surface area contributed by atoms with Crippen molar-refractivity contribution >= 4 is 5.97 Å². The Balaban J connectivity index is 1.98. The van der Waals surface area contributed by atoms with Gasteiger partial charge in [-0.25, -0.2) is 0 Å². The molecule has 1 unspecified atom stereocenters. The van der Waals surface area contributed by atoms with Crippen molar-refractivity contribution in [2.75, 3.05) is 0 Å². The largest absolute Gasteiger partial charge is 0.481 e. The Labute approximate surface area is 120 Å². The summed E-state index contributed by atoms with van der Waals surface area (Å²) in [6, 6.07) is 18.0. The molecule has 0 aliphatic heterocycles. The van der Waals surface area contributed by atoms with Crippen LogP contribution in [0, 0.1) is 6.92 Å². The average molecular weight is 268 g/mol. The molecule has 2 aromatic carbocycles. The molecular weight excluding hydrogens is 248 g/mol. The zero-order chi connectivity index (χ0) is 14.4. The maximum Gasteiger partial charge on any atom is 0.310 e. The van der Waals surface area contributed by atoms with E-state index in [-0.39, 0.29) is 0 Å². The first-order chi connectivity index (χ1) is 9.66. The molecular formula is C18H20O2. The van der Waals surface area contributed by atoms with Crippen molar-refractivity contribution in [3.05, 3.63) is 71.3 Å². The lowest BCUT2D eigenvalue weighted by Crippen LogP contribution is -2.12. The zero-order valence-corrected chi connectivity index (χ0v) is 11.8. The summed E-state index contributed by atoms with van der Waals surface area (Å²) in [6.45, 7) is 1.99. The third-order valence-electron chi connectivity index (χ3n) is 3.54. The molecule has 0 saturated carbocycles.